The Kier molecular flexibility index (Phi) is 6.54. The number of ketones is 1. The fraction of sp³-hybridized carbons (Fsp3) is 0.286. The van der Waals surface area contributed by atoms with Crippen LogP contribution in [0, 0.1) is 0 Å². The monoisotopic (exact) mass is 491 g/mol. The summed E-state index contributed by atoms with van der Waals surface area (Å²) in [7, 11) is 4.57. The van der Waals surface area contributed by atoms with E-state index < -0.39 is 17.7 Å². The molecule has 0 saturated carbocycles. The van der Waals surface area contributed by atoms with Gasteiger partial charge in [-0.15, -0.1) is 0 Å². The highest BCUT2D eigenvalue weighted by Gasteiger charge is 2.48. The molecule has 0 bridgehead atoms. The number of Topliss-reactive ketones (excluding diaryl/α,β-unsaturated/α-hetero) is 1. The van der Waals surface area contributed by atoms with Gasteiger partial charge in [0.1, 0.15) is 23.3 Å². The lowest BCUT2D eigenvalue weighted by atomic mass is 9.84. The molecule has 2 heterocycles. The summed E-state index contributed by atoms with van der Waals surface area (Å²) in [4.78, 5) is 28.0. The summed E-state index contributed by atoms with van der Waals surface area (Å²) in [5.41, 5.74) is 1.25. The molecule has 8 heteroatoms. The van der Waals surface area contributed by atoms with Gasteiger partial charge in [-0.1, -0.05) is 20.8 Å². The van der Waals surface area contributed by atoms with Crippen LogP contribution in [-0.2, 0) is 15.0 Å². The molecule has 0 aliphatic carbocycles. The highest BCUT2D eigenvalue weighted by molar-refractivity contribution is 6.51. The molecule has 8 nitrogen and oxygen atoms in total. The van der Waals surface area contributed by atoms with Crippen molar-refractivity contribution in [2.45, 2.75) is 32.2 Å². The highest BCUT2D eigenvalue weighted by Crippen LogP contribution is 2.44. The third-order valence-electron chi connectivity index (χ3n) is 6.18. The average Bonchev–Trinajstić information content (AvgIpc) is 3.49. The van der Waals surface area contributed by atoms with E-state index in [-0.39, 0.29) is 16.7 Å². The number of carbonyl (C=O) groups is 2. The van der Waals surface area contributed by atoms with E-state index in [9.17, 15) is 14.7 Å². The van der Waals surface area contributed by atoms with Crippen LogP contribution in [0.5, 0.6) is 17.2 Å². The first-order chi connectivity index (χ1) is 17.1. The highest BCUT2D eigenvalue weighted by atomic mass is 16.5. The molecule has 36 heavy (non-hydrogen) atoms. The van der Waals surface area contributed by atoms with Gasteiger partial charge in [0.05, 0.1) is 33.2 Å². The predicted octanol–water partition coefficient (Wildman–Crippen LogP) is 5.23. The second-order valence-electron chi connectivity index (χ2n) is 9.39. The number of benzene rings is 2. The SMILES string of the molecule is COc1ccc(N2C(=O)C(=O)/C(=C(\O)c3ccc(OC)c(C(C)(C)C)c3)C2c2ccco2)cc1OC. The van der Waals surface area contributed by atoms with Crippen molar-refractivity contribution in [2.24, 2.45) is 0 Å². The fourth-order valence-corrected chi connectivity index (χ4v) is 4.39. The van der Waals surface area contributed by atoms with Gasteiger partial charge in [0, 0.05) is 22.9 Å². The van der Waals surface area contributed by atoms with E-state index in [0.29, 0.717) is 34.3 Å². The van der Waals surface area contributed by atoms with E-state index in [1.165, 1.54) is 25.4 Å². The van der Waals surface area contributed by atoms with Gasteiger partial charge >= 0.3 is 0 Å². The molecule has 2 aromatic carbocycles. The van der Waals surface area contributed by atoms with Crippen molar-refractivity contribution in [3.63, 3.8) is 0 Å². The van der Waals surface area contributed by atoms with Crippen LogP contribution in [0.4, 0.5) is 5.69 Å². The largest absolute Gasteiger partial charge is 0.507 e. The van der Waals surface area contributed by atoms with Gasteiger partial charge < -0.3 is 23.7 Å². The minimum Gasteiger partial charge on any atom is -0.507 e. The normalized spacial score (nSPS) is 17.4. The summed E-state index contributed by atoms with van der Waals surface area (Å²) < 4.78 is 21.8. The Hall–Kier alpha value is -4.20. The molecule has 1 atom stereocenters. The van der Waals surface area contributed by atoms with Gasteiger partial charge in [-0.3, -0.25) is 14.5 Å². The number of carbonyl (C=O) groups excluding carboxylic acids is 2. The fourth-order valence-electron chi connectivity index (χ4n) is 4.39. The van der Waals surface area contributed by atoms with Crippen LogP contribution in [0.3, 0.4) is 0 Å². The molecule has 1 aromatic heterocycles. The van der Waals surface area contributed by atoms with Gasteiger partial charge in [-0.25, -0.2) is 0 Å². The molecule has 188 valence electrons. The number of nitrogens with zero attached hydrogens (tertiary/aromatic N) is 1. The lowest BCUT2D eigenvalue weighted by Gasteiger charge is -2.25. The summed E-state index contributed by atoms with van der Waals surface area (Å²) >= 11 is 0. The summed E-state index contributed by atoms with van der Waals surface area (Å²) in [6.07, 6.45) is 1.45. The van der Waals surface area contributed by atoms with E-state index in [4.69, 9.17) is 18.6 Å². The van der Waals surface area contributed by atoms with Crippen LogP contribution in [-0.4, -0.2) is 38.1 Å². The number of ether oxygens (including phenoxy) is 3. The van der Waals surface area contributed by atoms with Crippen LogP contribution in [0.1, 0.15) is 43.7 Å². The second-order valence-corrected chi connectivity index (χ2v) is 9.39. The Morgan fingerprint density at radius 1 is 0.917 bits per heavy atom. The zero-order chi connectivity index (χ0) is 26.2. The number of amides is 1. The first-order valence-corrected chi connectivity index (χ1v) is 11.4. The summed E-state index contributed by atoms with van der Waals surface area (Å²) in [5, 5.41) is 11.4. The van der Waals surface area contributed by atoms with E-state index in [1.807, 2.05) is 20.8 Å². The van der Waals surface area contributed by atoms with Crippen LogP contribution >= 0.6 is 0 Å². The standard InChI is InChI=1S/C28H29NO7/c1-28(2,3)18-14-16(9-11-19(18)33-4)25(30)23-24(21-8-7-13-36-21)29(27(32)26(23)31)17-10-12-20(34-5)22(15-17)35-6/h7-15,24,30H,1-6H3/b25-23-. The molecular weight excluding hydrogens is 462 g/mol. The number of hydrogen-bond donors (Lipinski definition) is 1. The summed E-state index contributed by atoms with van der Waals surface area (Å²) in [5.74, 6) is -0.0691. The van der Waals surface area contributed by atoms with Gasteiger partial charge in [-0.2, -0.15) is 0 Å². The van der Waals surface area contributed by atoms with Crippen LogP contribution in [0.15, 0.2) is 64.8 Å². The zero-order valence-corrected chi connectivity index (χ0v) is 21.1. The van der Waals surface area contributed by atoms with Gasteiger partial charge in [0.2, 0.25) is 0 Å². The van der Waals surface area contributed by atoms with Gasteiger partial charge in [-0.05, 0) is 47.9 Å². The molecule has 1 fully saturated rings. The number of rotatable bonds is 6. The second kappa shape index (κ2) is 9.45. The first kappa shape index (κ1) is 24.9. The number of anilines is 1. The summed E-state index contributed by atoms with van der Waals surface area (Å²) in [6.45, 7) is 6.06. The molecule has 3 aromatic rings. The van der Waals surface area contributed by atoms with Gasteiger partial charge in [0.25, 0.3) is 11.7 Å². The molecule has 1 aliphatic rings. The minimum absolute atomic E-state index is 0.0743. The molecule has 0 spiro atoms. The Morgan fingerprint density at radius 3 is 2.17 bits per heavy atom. The Bertz CT molecular complexity index is 1330. The van der Waals surface area contributed by atoms with Crippen molar-refractivity contribution in [1.29, 1.82) is 0 Å². The topological polar surface area (TPSA) is 98.4 Å². The van der Waals surface area contributed by atoms with Crippen molar-refractivity contribution in [3.8, 4) is 17.2 Å². The zero-order valence-electron chi connectivity index (χ0n) is 21.1. The minimum atomic E-state index is -0.988. The van der Waals surface area contributed by atoms with Crippen molar-refractivity contribution in [2.75, 3.05) is 26.2 Å². The average molecular weight is 492 g/mol. The van der Waals surface area contributed by atoms with Crippen LogP contribution in [0.25, 0.3) is 5.76 Å². The van der Waals surface area contributed by atoms with Crippen molar-refractivity contribution in [1.82, 2.24) is 0 Å². The molecule has 1 amide bonds. The number of aliphatic hydroxyl groups is 1. The molecule has 1 unspecified atom stereocenters. The van der Waals surface area contributed by atoms with Gasteiger partial charge in [0.15, 0.2) is 11.5 Å². The van der Waals surface area contributed by atoms with Crippen LogP contribution < -0.4 is 19.1 Å². The Morgan fingerprint density at radius 2 is 1.58 bits per heavy atom. The molecule has 1 aliphatic heterocycles. The molecule has 1 N–H and O–H groups in total. The third kappa shape index (κ3) is 4.19. The smallest absolute Gasteiger partial charge is 0.300 e. The number of aliphatic hydroxyl groups excluding tert-OH is 1. The van der Waals surface area contributed by atoms with E-state index in [1.54, 1.807) is 55.6 Å². The first-order valence-electron chi connectivity index (χ1n) is 11.4. The lowest BCUT2D eigenvalue weighted by molar-refractivity contribution is -0.132. The Labute approximate surface area is 209 Å². The number of furan rings is 1. The lowest BCUT2D eigenvalue weighted by Crippen LogP contribution is -2.29. The van der Waals surface area contributed by atoms with Crippen molar-refractivity contribution >= 4 is 23.1 Å². The summed E-state index contributed by atoms with van der Waals surface area (Å²) in [6, 6.07) is 12.4. The van der Waals surface area contributed by atoms with E-state index in [2.05, 4.69) is 0 Å². The maximum Gasteiger partial charge on any atom is 0.300 e. The molecule has 1 saturated heterocycles. The molecule has 4 rings (SSSR count). The van der Waals surface area contributed by atoms with Crippen molar-refractivity contribution in [3.05, 3.63) is 77.3 Å². The van der Waals surface area contributed by atoms with Crippen molar-refractivity contribution < 1.29 is 33.3 Å². The predicted molar refractivity (Wildman–Crippen MR) is 135 cm³/mol. The van der Waals surface area contributed by atoms with Crippen LogP contribution in [0.2, 0.25) is 0 Å². The Balaban J connectivity index is 1.92. The maximum absolute atomic E-state index is 13.4. The van der Waals surface area contributed by atoms with E-state index in [0.717, 1.165) is 5.56 Å². The quantitative estimate of drug-likeness (QED) is 0.286. The number of methoxy groups -OCH3 is 3. The maximum atomic E-state index is 13.4. The number of hydrogen-bond acceptors (Lipinski definition) is 7. The molecular formula is C28H29NO7. The third-order valence-corrected chi connectivity index (χ3v) is 6.18. The van der Waals surface area contributed by atoms with E-state index >= 15 is 0 Å². The molecule has 0 radical (unpaired) electrons.